The average Bonchev–Trinajstić information content (AvgIpc) is 2.90. The summed E-state index contributed by atoms with van der Waals surface area (Å²) in [5.41, 5.74) is 2.39. The van der Waals surface area contributed by atoms with Gasteiger partial charge in [-0.25, -0.2) is 9.78 Å². The lowest BCUT2D eigenvalue weighted by Gasteiger charge is -2.28. The van der Waals surface area contributed by atoms with Crippen molar-refractivity contribution in [3.8, 4) is 0 Å². The van der Waals surface area contributed by atoms with Crippen LogP contribution in [0.25, 0.3) is 5.65 Å². The fraction of sp³-hybridized carbons (Fsp3) is 0.467. The number of nitrogens with zero attached hydrogens (tertiary/aromatic N) is 3. The maximum Gasteiger partial charge on any atom is 0.355 e. The molecule has 2 aromatic heterocycles. The Morgan fingerprint density at radius 2 is 2.30 bits per heavy atom. The van der Waals surface area contributed by atoms with Crippen LogP contribution in [0.3, 0.4) is 0 Å². The van der Waals surface area contributed by atoms with Gasteiger partial charge in [0.15, 0.2) is 0 Å². The number of piperidine rings is 1. The molecule has 1 saturated heterocycles. The zero-order valence-corrected chi connectivity index (χ0v) is 11.9. The fourth-order valence-corrected chi connectivity index (χ4v) is 2.91. The van der Waals surface area contributed by atoms with Gasteiger partial charge in [0.25, 0.3) is 0 Å². The monoisotopic (exact) mass is 273 g/mol. The Bertz CT molecular complexity index is 635. The van der Waals surface area contributed by atoms with Crippen LogP contribution < -0.4 is 0 Å². The normalized spacial score (nSPS) is 20.2. The second kappa shape index (κ2) is 5.25. The van der Waals surface area contributed by atoms with Crippen molar-refractivity contribution in [2.75, 3.05) is 27.2 Å². The SMILES string of the molecule is COC(=O)c1cccc2nc(C3CCCN(C)C3)cn12. The van der Waals surface area contributed by atoms with Crippen molar-refractivity contribution in [1.82, 2.24) is 14.3 Å². The van der Waals surface area contributed by atoms with E-state index in [1.165, 1.54) is 13.5 Å². The predicted molar refractivity (Wildman–Crippen MR) is 76.0 cm³/mol. The van der Waals surface area contributed by atoms with Crippen molar-refractivity contribution in [3.05, 3.63) is 35.8 Å². The molecule has 0 radical (unpaired) electrons. The number of likely N-dealkylation sites (tertiary alicyclic amines) is 1. The number of pyridine rings is 1. The summed E-state index contributed by atoms with van der Waals surface area (Å²) in [4.78, 5) is 18.8. The van der Waals surface area contributed by atoms with E-state index < -0.39 is 0 Å². The van der Waals surface area contributed by atoms with Gasteiger partial charge in [-0.15, -0.1) is 0 Å². The molecule has 0 N–H and O–H groups in total. The van der Waals surface area contributed by atoms with Crippen molar-refractivity contribution < 1.29 is 9.53 Å². The third-order valence-electron chi connectivity index (χ3n) is 3.95. The molecule has 0 aliphatic carbocycles. The molecular weight excluding hydrogens is 254 g/mol. The van der Waals surface area contributed by atoms with Crippen LogP contribution in [-0.2, 0) is 4.74 Å². The summed E-state index contributed by atoms with van der Waals surface area (Å²) in [5.74, 6) is 0.111. The zero-order chi connectivity index (χ0) is 14.1. The number of rotatable bonds is 2. The quantitative estimate of drug-likeness (QED) is 0.784. The minimum Gasteiger partial charge on any atom is -0.464 e. The first kappa shape index (κ1) is 13.1. The molecular formula is C15H19N3O2. The number of carbonyl (C=O) groups excluding carboxylic acids is 1. The number of aromatic nitrogens is 2. The molecule has 1 fully saturated rings. The molecule has 1 atom stereocenters. The lowest BCUT2D eigenvalue weighted by molar-refractivity contribution is 0.0592. The number of likely N-dealkylation sites (N-methyl/N-ethyl adjacent to an activating group) is 1. The molecule has 20 heavy (non-hydrogen) atoms. The highest BCUT2D eigenvalue weighted by molar-refractivity contribution is 5.88. The van der Waals surface area contributed by atoms with Crippen molar-refractivity contribution in [1.29, 1.82) is 0 Å². The van der Waals surface area contributed by atoms with Gasteiger partial charge in [-0.3, -0.25) is 4.40 Å². The first-order valence-corrected chi connectivity index (χ1v) is 6.94. The van der Waals surface area contributed by atoms with E-state index in [1.807, 2.05) is 22.7 Å². The Balaban J connectivity index is 2.00. The molecule has 0 bridgehead atoms. The van der Waals surface area contributed by atoms with E-state index in [1.54, 1.807) is 6.07 Å². The van der Waals surface area contributed by atoms with Crippen molar-refractivity contribution in [3.63, 3.8) is 0 Å². The van der Waals surface area contributed by atoms with Crippen LogP contribution in [0.5, 0.6) is 0 Å². The topological polar surface area (TPSA) is 46.8 Å². The van der Waals surface area contributed by atoms with Crippen molar-refractivity contribution in [2.45, 2.75) is 18.8 Å². The summed E-state index contributed by atoms with van der Waals surface area (Å²) in [5, 5.41) is 0. The van der Waals surface area contributed by atoms with Crippen LogP contribution in [0.4, 0.5) is 0 Å². The molecule has 2 aromatic rings. The lowest BCUT2D eigenvalue weighted by atomic mass is 9.96. The number of carbonyl (C=O) groups is 1. The molecule has 0 amide bonds. The van der Waals surface area contributed by atoms with E-state index in [4.69, 9.17) is 4.74 Å². The second-order valence-corrected chi connectivity index (χ2v) is 5.40. The van der Waals surface area contributed by atoms with Gasteiger partial charge in [0, 0.05) is 18.7 Å². The smallest absolute Gasteiger partial charge is 0.355 e. The van der Waals surface area contributed by atoms with Crippen LogP contribution in [0.2, 0.25) is 0 Å². The molecule has 0 spiro atoms. The third-order valence-corrected chi connectivity index (χ3v) is 3.95. The van der Waals surface area contributed by atoms with Gasteiger partial charge in [-0.2, -0.15) is 0 Å². The number of hydrogen-bond acceptors (Lipinski definition) is 4. The fourth-order valence-electron chi connectivity index (χ4n) is 2.91. The number of esters is 1. The summed E-state index contributed by atoms with van der Waals surface area (Å²) >= 11 is 0. The Morgan fingerprint density at radius 1 is 1.45 bits per heavy atom. The van der Waals surface area contributed by atoms with Gasteiger partial charge in [0.2, 0.25) is 0 Å². The number of fused-ring (bicyclic) bond motifs is 1. The molecule has 0 aromatic carbocycles. The Kier molecular flexibility index (Phi) is 3.44. The molecule has 3 rings (SSSR count). The van der Waals surface area contributed by atoms with Crippen LogP contribution in [0, 0.1) is 0 Å². The maximum atomic E-state index is 11.8. The highest BCUT2D eigenvalue weighted by atomic mass is 16.5. The van der Waals surface area contributed by atoms with E-state index in [9.17, 15) is 4.79 Å². The number of ether oxygens (including phenoxy) is 1. The molecule has 3 heterocycles. The second-order valence-electron chi connectivity index (χ2n) is 5.40. The standard InChI is InChI=1S/C15H19N3O2/c1-17-8-4-5-11(9-17)12-10-18-13(15(19)20-2)6-3-7-14(18)16-12/h3,6-7,10-11H,4-5,8-9H2,1-2H3. The zero-order valence-electron chi connectivity index (χ0n) is 11.9. The summed E-state index contributed by atoms with van der Waals surface area (Å²) < 4.78 is 6.65. The maximum absolute atomic E-state index is 11.8. The summed E-state index contributed by atoms with van der Waals surface area (Å²) in [6, 6.07) is 5.52. The van der Waals surface area contributed by atoms with Crippen LogP contribution in [-0.4, -0.2) is 47.5 Å². The molecule has 0 saturated carbocycles. The minimum absolute atomic E-state index is 0.333. The first-order valence-electron chi connectivity index (χ1n) is 6.94. The minimum atomic E-state index is -0.333. The molecule has 5 nitrogen and oxygen atoms in total. The molecule has 1 aliphatic rings. The van der Waals surface area contributed by atoms with Gasteiger partial charge < -0.3 is 9.64 Å². The Hall–Kier alpha value is -1.88. The van der Waals surface area contributed by atoms with Gasteiger partial charge in [-0.1, -0.05) is 6.07 Å². The van der Waals surface area contributed by atoms with E-state index in [0.29, 0.717) is 11.6 Å². The van der Waals surface area contributed by atoms with Crippen LogP contribution in [0.1, 0.15) is 34.9 Å². The predicted octanol–water partition coefficient (Wildman–Crippen LogP) is 1.93. The van der Waals surface area contributed by atoms with E-state index in [-0.39, 0.29) is 5.97 Å². The molecule has 1 unspecified atom stereocenters. The van der Waals surface area contributed by atoms with E-state index in [2.05, 4.69) is 16.9 Å². The van der Waals surface area contributed by atoms with Gasteiger partial charge in [-0.05, 0) is 38.6 Å². The number of hydrogen-bond donors (Lipinski definition) is 0. The molecule has 1 aliphatic heterocycles. The summed E-state index contributed by atoms with van der Waals surface area (Å²) in [6.07, 6.45) is 4.33. The third kappa shape index (κ3) is 2.29. The van der Waals surface area contributed by atoms with Crippen LogP contribution >= 0.6 is 0 Å². The number of imidazole rings is 1. The first-order chi connectivity index (χ1) is 9.69. The van der Waals surface area contributed by atoms with Gasteiger partial charge in [0.05, 0.1) is 12.8 Å². The van der Waals surface area contributed by atoms with E-state index in [0.717, 1.165) is 30.9 Å². The van der Waals surface area contributed by atoms with E-state index >= 15 is 0 Å². The average molecular weight is 273 g/mol. The Labute approximate surface area is 118 Å². The summed E-state index contributed by atoms with van der Waals surface area (Å²) in [7, 11) is 3.54. The van der Waals surface area contributed by atoms with Gasteiger partial charge in [0.1, 0.15) is 11.3 Å². The summed E-state index contributed by atoms with van der Waals surface area (Å²) in [6.45, 7) is 2.18. The van der Waals surface area contributed by atoms with Gasteiger partial charge >= 0.3 is 5.97 Å². The molecule has 106 valence electrons. The highest BCUT2D eigenvalue weighted by Crippen LogP contribution is 2.26. The lowest BCUT2D eigenvalue weighted by Crippen LogP contribution is -2.30. The van der Waals surface area contributed by atoms with Crippen molar-refractivity contribution >= 4 is 11.6 Å². The molecule has 5 heteroatoms. The van der Waals surface area contributed by atoms with Crippen molar-refractivity contribution in [2.24, 2.45) is 0 Å². The highest BCUT2D eigenvalue weighted by Gasteiger charge is 2.22. The van der Waals surface area contributed by atoms with Crippen LogP contribution in [0.15, 0.2) is 24.4 Å². The number of methoxy groups -OCH3 is 1. The Morgan fingerprint density at radius 3 is 3.05 bits per heavy atom. The largest absolute Gasteiger partial charge is 0.464 e.